The molecule has 0 amide bonds. The smallest absolute Gasteiger partial charge is 0.358 e. The summed E-state index contributed by atoms with van der Waals surface area (Å²) in [5.41, 5.74) is 0. The van der Waals surface area contributed by atoms with Gasteiger partial charge in [0, 0.05) is 12.2 Å². The average Bonchev–Trinajstić information content (AvgIpc) is 2.51. The minimum atomic E-state index is 0.218. The first-order chi connectivity index (χ1) is 10.8. The van der Waals surface area contributed by atoms with E-state index in [0.29, 0.717) is 0 Å². The fraction of sp³-hybridized carbons (Fsp3) is 0.632. The Labute approximate surface area is 140 Å². The van der Waals surface area contributed by atoms with Crippen LogP contribution in [0.3, 0.4) is 0 Å². The number of ether oxygens (including phenoxy) is 2. The Bertz CT molecular complexity index is 407. The molecule has 1 saturated carbocycles. The Morgan fingerprint density at radius 3 is 1.82 bits per heavy atom. The first-order valence-corrected chi connectivity index (χ1v) is 9.19. The molecule has 0 saturated heterocycles. The summed E-state index contributed by atoms with van der Waals surface area (Å²) in [4.78, 5) is 0. The van der Waals surface area contributed by atoms with Crippen LogP contribution >= 0.6 is 12.2 Å². The zero-order chi connectivity index (χ0) is 15.5. The Kier molecular flexibility index (Phi) is 8.32. The predicted octanol–water partition coefficient (Wildman–Crippen LogP) is 6.04. The van der Waals surface area contributed by atoms with Crippen LogP contribution in [0.1, 0.15) is 70.6 Å². The van der Waals surface area contributed by atoms with Crippen LogP contribution in [0.25, 0.3) is 0 Å². The van der Waals surface area contributed by atoms with Gasteiger partial charge in [-0.15, -0.1) is 0 Å². The summed E-state index contributed by atoms with van der Waals surface area (Å²) in [6, 6.07) is 9.64. The number of hydrogen-bond acceptors (Lipinski definition) is 3. The molecule has 0 radical (unpaired) electrons. The first kappa shape index (κ1) is 17.3. The second-order valence-corrected chi connectivity index (χ2v) is 6.50. The van der Waals surface area contributed by atoms with Crippen LogP contribution in [0.2, 0.25) is 0 Å². The van der Waals surface area contributed by atoms with Crippen LogP contribution in [-0.4, -0.2) is 11.3 Å². The maximum absolute atomic E-state index is 5.91. The normalized spacial score (nSPS) is 18.7. The van der Waals surface area contributed by atoms with Crippen molar-refractivity contribution < 1.29 is 9.47 Å². The third-order valence-electron chi connectivity index (χ3n) is 4.26. The quantitative estimate of drug-likeness (QED) is 0.619. The third kappa shape index (κ3) is 7.26. The maximum Gasteiger partial charge on any atom is 0.358 e. The molecule has 0 unspecified atom stereocenters. The third-order valence-corrected chi connectivity index (χ3v) is 4.44. The van der Waals surface area contributed by atoms with Crippen molar-refractivity contribution in [3.8, 4) is 5.75 Å². The van der Waals surface area contributed by atoms with Gasteiger partial charge in [-0.1, -0.05) is 63.1 Å². The number of thiocarbonyl (C=S) groups is 1. The van der Waals surface area contributed by atoms with E-state index < -0.39 is 0 Å². The molecular formula is C19H28O2S. The van der Waals surface area contributed by atoms with E-state index in [-0.39, 0.29) is 11.3 Å². The standard InChI is InChI=1S/C19H28O2S/c22-19(21-18-15-11-8-12-16-18)20-17-13-9-6-4-2-1-3-5-7-10-14-17/h8,11-12,15-17H,1-7,9-10,13-14H2. The lowest BCUT2D eigenvalue weighted by Gasteiger charge is -2.20. The van der Waals surface area contributed by atoms with Crippen LogP contribution in [0, 0.1) is 0 Å². The Balaban J connectivity index is 1.77. The van der Waals surface area contributed by atoms with E-state index in [4.69, 9.17) is 21.7 Å². The molecular weight excluding hydrogens is 292 g/mol. The van der Waals surface area contributed by atoms with Gasteiger partial charge in [0.25, 0.3) is 0 Å². The summed E-state index contributed by atoms with van der Waals surface area (Å²) in [6.07, 6.45) is 14.4. The highest BCUT2D eigenvalue weighted by molar-refractivity contribution is 7.79. The van der Waals surface area contributed by atoms with Gasteiger partial charge in [-0.3, -0.25) is 0 Å². The highest BCUT2D eigenvalue weighted by atomic mass is 32.1. The number of benzene rings is 1. The molecule has 1 aliphatic rings. The van der Waals surface area contributed by atoms with Crippen molar-refractivity contribution in [3.63, 3.8) is 0 Å². The minimum absolute atomic E-state index is 0.218. The van der Waals surface area contributed by atoms with Crippen molar-refractivity contribution in [3.05, 3.63) is 30.3 Å². The lowest BCUT2D eigenvalue weighted by molar-refractivity contribution is 0.132. The van der Waals surface area contributed by atoms with Gasteiger partial charge in [0.05, 0.1) is 0 Å². The van der Waals surface area contributed by atoms with E-state index in [9.17, 15) is 0 Å². The van der Waals surface area contributed by atoms with Crippen LogP contribution in [0.4, 0.5) is 0 Å². The van der Waals surface area contributed by atoms with Crippen molar-refractivity contribution in [2.45, 2.75) is 76.7 Å². The molecule has 22 heavy (non-hydrogen) atoms. The molecule has 1 fully saturated rings. The second kappa shape index (κ2) is 10.6. The maximum atomic E-state index is 5.91. The van der Waals surface area contributed by atoms with Gasteiger partial charge in [0.15, 0.2) is 0 Å². The molecule has 1 aromatic carbocycles. The molecule has 2 rings (SSSR count). The molecule has 0 heterocycles. The zero-order valence-electron chi connectivity index (χ0n) is 13.5. The van der Waals surface area contributed by atoms with Gasteiger partial charge in [-0.05, 0) is 37.8 Å². The van der Waals surface area contributed by atoms with E-state index >= 15 is 0 Å². The molecule has 0 spiro atoms. The Morgan fingerprint density at radius 1 is 0.773 bits per heavy atom. The first-order valence-electron chi connectivity index (χ1n) is 8.78. The highest BCUT2D eigenvalue weighted by Gasteiger charge is 2.14. The SMILES string of the molecule is S=C(Oc1ccccc1)OC1CCCCCCCCCCC1. The monoisotopic (exact) mass is 320 g/mol. The number of hydrogen-bond donors (Lipinski definition) is 0. The van der Waals surface area contributed by atoms with Crippen molar-refractivity contribution in [1.82, 2.24) is 0 Å². The van der Waals surface area contributed by atoms with E-state index in [1.165, 1.54) is 57.8 Å². The highest BCUT2D eigenvalue weighted by Crippen LogP contribution is 2.20. The molecule has 0 bridgehead atoms. The summed E-state index contributed by atoms with van der Waals surface area (Å²) < 4.78 is 11.5. The van der Waals surface area contributed by atoms with Gasteiger partial charge < -0.3 is 9.47 Å². The van der Waals surface area contributed by atoms with E-state index in [1.807, 2.05) is 30.3 Å². The molecule has 0 atom stereocenters. The summed E-state index contributed by atoms with van der Waals surface area (Å²) in [7, 11) is 0. The van der Waals surface area contributed by atoms with Crippen molar-refractivity contribution in [2.75, 3.05) is 0 Å². The molecule has 1 aromatic rings. The Hall–Kier alpha value is -1.09. The fourth-order valence-electron chi connectivity index (χ4n) is 2.99. The van der Waals surface area contributed by atoms with Gasteiger partial charge in [-0.25, -0.2) is 0 Å². The lowest BCUT2D eigenvalue weighted by atomic mass is 9.99. The van der Waals surface area contributed by atoms with Gasteiger partial charge in [-0.2, -0.15) is 0 Å². The van der Waals surface area contributed by atoms with Crippen LogP contribution in [0.5, 0.6) is 5.75 Å². The van der Waals surface area contributed by atoms with Crippen molar-refractivity contribution in [1.29, 1.82) is 0 Å². The van der Waals surface area contributed by atoms with Crippen LogP contribution in [-0.2, 0) is 4.74 Å². The molecule has 0 N–H and O–H groups in total. The van der Waals surface area contributed by atoms with E-state index in [2.05, 4.69) is 0 Å². The summed E-state index contributed by atoms with van der Waals surface area (Å²) in [5.74, 6) is 0.751. The second-order valence-electron chi connectivity index (χ2n) is 6.16. The summed E-state index contributed by atoms with van der Waals surface area (Å²) in [5, 5.41) is 0.267. The predicted molar refractivity (Wildman–Crippen MR) is 95.3 cm³/mol. The van der Waals surface area contributed by atoms with E-state index in [1.54, 1.807) is 0 Å². The van der Waals surface area contributed by atoms with Gasteiger partial charge in [0.1, 0.15) is 11.9 Å². The zero-order valence-corrected chi connectivity index (χ0v) is 14.3. The lowest BCUT2D eigenvalue weighted by Crippen LogP contribution is -2.21. The molecule has 0 aromatic heterocycles. The van der Waals surface area contributed by atoms with Crippen LogP contribution in [0.15, 0.2) is 30.3 Å². The number of rotatable bonds is 2. The summed E-state index contributed by atoms with van der Waals surface area (Å²) in [6.45, 7) is 0. The fourth-order valence-corrected chi connectivity index (χ4v) is 3.22. The molecule has 1 aliphatic carbocycles. The molecule has 0 aliphatic heterocycles. The topological polar surface area (TPSA) is 18.5 Å². The number of para-hydroxylation sites is 1. The molecule has 2 nitrogen and oxygen atoms in total. The Morgan fingerprint density at radius 2 is 1.27 bits per heavy atom. The van der Waals surface area contributed by atoms with Crippen LogP contribution < -0.4 is 4.74 Å². The largest absolute Gasteiger partial charge is 0.453 e. The van der Waals surface area contributed by atoms with Gasteiger partial charge >= 0.3 is 5.24 Å². The van der Waals surface area contributed by atoms with Crippen molar-refractivity contribution >= 4 is 17.5 Å². The minimum Gasteiger partial charge on any atom is -0.453 e. The van der Waals surface area contributed by atoms with Crippen molar-refractivity contribution in [2.24, 2.45) is 0 Å². The molecule has 3 heteroatoms. The van der Waals surface area contributed by atoms with E-state index in [0.717, 1.165) is 18.6 Å². The van der Waals surface area contributed by atoms with Gasteiger partial charge in [0.2, 0.25) is 0 Å². The molecule has 122 valence electrons. The average molecular weight is 320 g/mol. The summed E-state index contributed by atoms with van der Waals surface area (Å²) >= 11 is 5.26.